The molecule has 1 unspecified atom stereocenters. The molecule has 21 heavy (non-hydrogen) atoms. The van der Waals surface area contributed by atoms with Crippen molar-refractivity contribution >= 4 is 0 Å². The van der Waals surface area contributed by atoms with Crippen LogP contribution >= 0.6 is 0 Å². The predicted molar refractivity (Wildman–Crippen MR) is 86.0 cm³/mol. The maximum absolute atomic E-state index is 5.89. The van der Waals surface area contributed by atoms with Crippen molar-refractivity contribution in [2.75, 3.05) is 6.61 Å². The number of hydrogen-bond donors (Lipinski definition) is 2. The number of fused-ring (bicyclic) bond motifs is 1. The van der Waals surface area contributed by atoms with Gasteiger partial charge < -0.3 is 4.74 Å². The molecular weight excluding hydrogens is 260 g/mol. The molecule has 1 aromatic carbocycles. The van der Waals surface area contributed by atoms with E-state index in [0.717, 1.165) is 30.6 Å². The Morgan fingerprint density at radius 2 is 1.86 bits per heavy atom. The quantitative estimate of drug-likeness (QED) is 0.657. The van der Waals surface area contributed by atoms with Crippen LogP contribution in [-0.4, -0.2) is 6.61 Å². The van der Waals surface area contributed by atoms with Crippen LogP contribution in [0.2, 0.25) is 0 Å². The van der Waals surface area contributed by atoms with E-state index in [1.54, 1.807) is 0 Å². The molecule has 1 fully saturated rings. The maximum atomic E-state index is 5.89. The number of nitrogens with one attached hydrogen (secondary N) is 1. The van der Waals surface area contributed by atoms with Crippen LogP contribution in [0, 0.1) is 17.8 Å². The van der Waals surface area contributed by atoms with Gasteiger partial charge in [-0.3, -0.25) is 11.3 Å². The van der Waals surface area contributed by atoms with Crippen molar-refractivity contribution in [2.24, 2.45) is 23.6 Å². The highest BCUT2D eigenvalue weighted by molar-refractivity contribution is 5.41. The van der Waals surface area contributed by atoms with Crippen LogP contribution in [0.5, 0.6) is 5.75 Å². The number of rotatable bonds is 4. The Bertz CT molecular complexity index is 478. The Balaban J connectivity index is 1.71. The number of hydrogen-bond acceptors (Lipinski definition) is 3. The summed E-state index contributed by atoms with van der Waals surface area (Å²) in [5.41, 5.74) is 5.75. The molecule has 1 aromatic rings. The van der Waals surface area contributed by atoms with E-state index in [2.05, 4.69) is 37.5 Å². The van der Waals surface area contributed by atoms with Crippen LogP contribution in [0.1, 0.15) is 56.7 Å². The summed E-state index contributed by atoms with van der Waals surface area (Å²) in [5, 5.41) is 0. The van der Waals surface area contributed by atoms with Gasteiger partial charge in [0.1, 0.15) is 5.75 Å². The molecule has 0 saturated heterocycles. The number of benzene rings is 1. The summed E-state index contributed by atoms with van der Waals surface area (Å²) in [6.45, 7) is 5.52. The van der Waals surface area contributed by atoms with Crippen molar-refractivity contribution in [3.63, 3.8) is 0 Å². The zero-order valence-electron chi connectivity index (χ0n) is 13.3. The third-order valence-electron chi connectivity index (χ3n) is 5.48. The molecule has 1 heterocycles. The zero-order valence-corrected chi connectivity index (χ0v) is 13.3. The minimum Gasteiger partial charge on any atom is -0.493 e. The molecule has 3 heteroatoms. The number of hydrazine groups is 1. The minimum atomic E-state index is 0.281. The summed E-state index contributed by atoms with van der Waals surface area (Å²) in [5.74, 6) is 9.31. The topological polar surface area (TPSA) is 47.3 Å². The highest BCUT2D eigenvalue weighted by atomic mass is 16.5. The molecule has 0 amide bonds. The Kier molecular flexibility index (Phi) is 4.51. The van der Waals surface area contributed by atoms with E-state index in [4.69, 9.17) is 10.6 Å². The minimum absolute atomic E-state index is 0.281. The van der Waals surface area contributed by atoms with Crippen molar-refractivity contribution in [3.8, 4) is 5.75 Å². The molecule has 116 valence electrons. The van der Waals surface area contributed by atoms with Crippen LogP contribution in [0.25, 0.3) is 0 Å². The lowest BCUT2D eigenvalue weighted by Crippen LogP contribution is -2.35. The van der Waals surface area contributed by atoms with Crippen molar-refractivity contribution in [2.45, 2.75) is 52.0 Å². The van der Waals surface area contributed by atoms with Crippen LogP contribution in [-0.2, 0) is 6.42 Å². The highest BCUT2D eigenvalue weighted by Gasteiger charge is 2.29. The molecule has 3 rings (SSSR count). The summed E-state index contributed by atoms with van der Waals surface area (Å²) in [7, 11) is 0. The van der Waals surface area contributed by atoms with Gasteiger partial charge in [0.05, 0.1) is 6.61 Å². The second kappa shape index (κ2) is 6.37. The molecule has 1 saturated carbocycles. The average molecular weight is 288 g/mol. The fourth-order valence-corrected chi connectivity index (χ4v) is 4.05. The maximum Gasteiger partial charge on any atom is 0.122 e. The fourth-order valence-electron chi connectivity index (χ4n) is 4.05. The largest absolute Gasteiger partial charge is 0.493 e. The predicted octanol–water partition coefficient (Wildman–Crippen LogP) is 3.59. The SMILES string of the molecule is CC(C)C1CCC(C(NN)c2ccc3c(c2)CCO3)CC1. The van der Waals surface area contributed by atoms with Crippen LogP contribution in [0.3, 0.4) is 0 Å². The molecule has 1 aliphatic carbocycles. The second-order valence-corrected chi connectivity index (χ2v) is 7.03. The molecule has 2 aliphatic rings. The summed E-state index contributed by atoms with van der Waals surface area (Å²) >= 11 is 0. The molecule has 3 nitrogen and oxygen atoms in total. The van der Waals surface area contributed by atoms with Gasteiger partial charge in [0.15, 0.2) is 0 Å². The first-order valence-corrected chi connectivity index (χ1v) is 8.40. The molecule has 0 radical (unpaired) electrons. The van der Waals surface area contributed by atoms with Crippen molar-refractivity contribution in [1.29, 1.82) is 0 Å². The van der Waals surface area contributed by atoms with Crippen molar-refractivity contribution in [3.05, 3.63) is 29.3 Å². The van der Waals surface area contributed by atoms with Gasteiger partial charge in [-0.15, -0.1) is 0 Å². The summed E-state index contributed by atoms with van der Waals surface area (Å²) in [4.78, 5) is 0. The molecule has 3 N–H and O–H groups in total. The first-order chi connectivity index (χ1) is 10.2. The fraction of sp³-hybridized carbons (Fsp3) is 0.667. The van der Waals surface area contributed by atoms with Crippen molar-refractivity contribution in [1.82, 2.24) is 5.43 Å². The lowest BCUT2D eigenvalue weighted by atomic mass is 9.73. The molecule has 0 aromatic heterocycles. The average Bonchev–Trinajstić information content (AvgIpc) is 2.96. The third kappa shape index (κ3) is 3.09. The molecular formula is C18H28N2O. The van der Waals surface area contributed by atoms with E-state index in [9.17, 15) is 0 Å². The Hall–Kier alpha value is -1.06. The number of nitrogens with two attached hydrogens (primary N) is 1. The van der Waals surface area contributed by atoms with Gasteiger partial charge >= 0.3 is 0 Å². The lowest BCUT2D eigenvalue weighted by molar-refractivity contribution is 0.189. The molecule has 0 spiro atoms. The normalized spacial score (nSPS) is 26.5. The van der Waals surface area contributed by atoms with E-state index in [1.807, 2.05) is 0 Å². The smallest absolute Gasteiger partial charge is 0.122 e. The Morgan fingerprint density at radius 3 is 2.52 bits per heavy atom. The number of ether oxygens (including phenoxy) is 1. The monoisotopic (exact) mass is 288 g/mol. The summed E-state index contributed by atoms with van der Waals surface area (Å²) in [6.07, 6.45) is 6.28. The van der Waals surface area contributed by atoms with Crippen LogP contribution in [0.15, 0.2) is 18.2 Å². The second-order valence-electron chi connectivity index (χ2n) is 7.03. The Labute approximate surface area is 128 Å². The highest BCUT2D eigenvalue weighted by Crippen LogP contribution is 2.40. The van der Waals surface area contributed by atoms with E-state index < -0.39 is 0 Å². The van der Waals surface area contributed by atoms with E-state index >= 15 is 0 Å². The zero-order chi connectivity index (χ0) is 14.8. The lowest BCUT2D eigenvalue weighted by Gasteiger charge is -2.35. The summed E-state index contributed by atoms with van der Waals surface area (Å²) in [6, 6.07) is 6.87. The van der Waals surface area contributed by atoms with Gasteiger partial charge in [-0.05, 0) is 60.6 Å². The van der Waals surface area contributed by atoms with Gasteiger partial charge in [0.2, 0.25) is 0 Å². The van der Waals surface area contributed by atoms with Gasteiger partial charge in [0.25, 0.3) is 0 Å². The van der Waals surface area contributed by atoms with Gasteiger partial charge in [-0.2, -0.15) is 0 Å². The third-order valence-corrected chi connectivity index (χ3v) is 5.48. The van der Waals surface area contributed by atoms with Crippen LogP contribution < -0.4 is 16.0 Å². The van der Waals surface area contributed by atoms with Gasteiger partial charge in [0, 0.05) is 12.5 Å². The standard InChI is InChI=1S/C18H28N2O/c1-12(2)13-3-5-14(6-4-13)18(20-19)16-7-8-17-15(11-16)9-10-21-17/h7-8,11-14,18,20H,3-6,9-10,19H2,1-2H3. The first-order valence-electron chi connectivity index (χ1n) is 8.40. The first kappa shape index (κ1) is 14.9. The van der Waals surface area contributed by atoms with E-state index in [-0.39, 0.29) is 6.04 Å². The Morgan fingerprint density at radius 1 is 1.14 bits per heavy atom. The summed E-state index contributed by atoms with van der Waals surface area (Å²) < 4.78 is 5.60. The van der Waals surface area contributed by atoms with Gasteiger partial charge in [-0.1, -0.05) is 26.0 Å². The van der Waals surface area contributed by atoms with Gasteiger partial charge in [-0.25, -0.2) is 0 Å². The van der Waals surface area contributed by atoms with Crippen molar-refractivity contribution < 1.29 is 4.74 Å². The molecule has 1 aliphatic heterocycles. The van der Waals surface area contributed by atoms with E-state index in [0.29, 0.717) is 5.92 Å². The molecule has 1 atom stereocenters. The van der Waals surface area contributed by atoms with E-state index in [1.165, 1.54) is 36.8 Å². The molecule has 0 bridgehead atoms. The van der Waals surface area contributed by atoms with Crippen LogP contribution in [0.4, 0.5) is 0 Å².